The molecular formula is C26H31N3O3. The van der Waals surface area contributed by atoms with Crippen molar-refractivity contribution in [3.05, 3.63) is 58.8 Å². The van der Waals surface area contributed by atoms with Gasteiger partial charge in [-0.25, -0.2) is 0 Å². The van der Waals surface area contributed by atoms with E-state index < -0.39 is 0 Å². The third-order valence-corrected chi connectivity index (χ3v) is 6.76. The average molecular weight is 434 g/mol. The molecule has 4 rings (SSSR count). The molecule has 1 N–H and O–H groups in total. The number of benzene rings is 2. The quantitative estimate of drug-likeness (QED) is 0.626. The second-order valence-electron chi connectivity index (χ2n) is 9.15. The first kappa shape index (κ1) is 22.1. The van der Waals surface area contributed by atoms with Crippen LogP contribution in [0.15, 0.2) is 53.3 Å². The van der Waals surface area contributed by atoms with Gasteiger partial charge in [-0.1, -0.05) is 38.1 Å². The highest BCUT2D eigenvalue weighted by molar-refractivity contribution is 5.95. The number of pyridine rings is 1. The number of carbonyl (C=O) groups is 2. The van der Waals surface area contributed by atoms with Crippen LogP contribution in [-0.4, -0.2) is 40.4 Å². The fourth-order valence-corrected chi connectivity index (χ4v) is 4.38. The van der Waals surface area contributed by atoms with Crippen LogP contribution in [0.5, 0.6) is 0 Å². The van der Waals surface area contributed by atoms with Gasteiger partial charge in [-0.2, -0.15) is 0 Å². The summed E-state index contributed by atoms with van der Waals surface area (Å²) in [7, 11) is 0. The SMILES string of the molecule is CC(C)C(C)NC(=O)C1CCN(C(=O)Cn2c3ccccc3c(=O)c3ccccc32)CC1. The first-order valence-corrected chi connectivity index (χ1v) is 11.4. The minimum Gasteiger partial charge on any atom is -0.353 e. The molecule has 1 aromatic heterocycles. The third kappa shape index (κ3) is 4.27. The number of hydrogen-bond acceptors (Lipinski definition) is 3. The lowest BCUT2D eigenvalue weighted by Gasteiger charge is -2.32. The van der Waals surface area contributed by atoms with Crippen LogP contribution in [-0.2, 0) is 16.1 Å². The molecule has 1 atom stereocenters. The van der Waals surface area contributed by atoms with E-state index in [0.29, 0.717) is 42.6 Å². The summed E-state index contributed by atoms with van der Waals surface area (Å²) < 4.78 is 1.94. The van der Waals surface area contributed by atoms with Crippen LogP contribution in [0.1, 0.15) is 33.6 Å². The summed E-state index contributed by atoms with van der Waals surface area (Å²) in [5, 5.41) is 4.34. The Morgan fingerprint density at radius 1 is 0.938 bits per heavy atom. The molecule has 1 unspecified atom stereocenters. The summed E-state index contributed by atoms with van der Waals surface area (Å²) in [5.41, 5.74) is 1.52. The largest absolute Gasteiger partial charge is 0.353 e. The zero-order valence-corrected chi connectivity index (χ0v) is 19.0. The Kier molecular flexibility index (Phi) is 6.31. The zero-order valence-electron chi connectivity index (χ0n) is 19.0. The van der Waals surface area contributed by atoms with Gasteiger partial charge in [-0.05, 0) is 49.9 Å². The second kappa shape index (κ2) is 9.15. The fourth-order valence-electron chi connectivity index (χ4n) is 4.38. The van der Waals surface area contributed by atoms with Crippen molar-refractivity contribution in [3.8, 4) is 0 Å². The molecule has 2 aromatic carbocycles. The molecule has 32 heavy (non-hydrogen) atoms. The lowest BCUT2D eigenvalue weighted by molar-refractivity contribution is -0.136. The monoisotopic (exact) mass is 433 g/mol. The summed E-state index contributed by atoms with van der Waals surface area (Å²) in [4.78, 5) is 40.5. The van der Waals surface area contributed by atoms with Gasteiger partial charge in [-0.3, -0.25) is 14.4 Å². The van der Waals surface area contributed by atoms with Crippen LogP contribution in [0, 0.1) is 11.8 Å². The highest BCUT2D eigenvalue weighted by Crippen LogP contribution is 2.22. The molecule has 2 heterocycles. The van der Waals surface area contributed by atoms with Crippen molar-refractivity contribution in [2.45, 2.75) is 46.2 Å². The third-order valence-electron chi connectivity index (χ3n) is 6.76. The number of para-hydroxylation sites is 2. The molecule has 0 spiro atoms. The van der Waals surface area contributed by atoms with Crippen molar-refractivity contribution in [3.63, 3.8) is 0 Å². The maximum Gasteiger partial charge on any atom is 0.242 e. The van der Waals surface area contributed by atoms with Gasteiger partial charge < -0.3 is 14.8 Å². The minimum absolute atomic E-state index is 0.0117. The molecule has 0 saturated carbocycles. The van der Waals surface area contributed by atoms with Crippen molar-refractivity contribution in [1.82, 2.24) is 14.8 Å². The van der Waals surface area contributed by atoms with E-state index in [1.165, 1.54) is 0 Å². The average Bonchev–Trinajstić information content (AvgIpc) is 2.81. The number of amides is 2. The topological polar surface area (TPSA) is 71.4 Å². The molecule has 1 fully saturated rings. The molecular weight excluding hydrogens is 402 g/mol. The molecule has 0 bridgehead atoms. The van der Waals surface area contributed by atoms with E-state index in [2.05, 4.69) is 19.2 Å². The van der Waals surface area contributed by atoms with Gasteiger partial charge in [0.1, 0.15) is 6.54 Å². The summed E-state index contributed by atoms with van der Waals surface area (Å²) in [6, 6.07) is 15.0. The van der Waals surface area contributed by atoms with Crippen LogP contribution >= 0.6 is 0 Å². The van der Waals surface area contributed by atoms with E-state index in [1.54, 1.807) is 0 Å². The summed E-state index contributed by atoms with van der Waals surface area (Å²) in [6.07, 6.45) is 1.35. The standard InChI is InChI=1S/C26H31N3O3/c1-17(2)18(3)27-26(32)19-12-14-28(15-13-19)24(30)16-29-22-10-6-4-8-20(22)25(31)21-9-5-7-11-23(21)29/h4-11,17-19H,12-16H2,1-3H3,(H,27,32). The minimum atomic E-state index is -0.0469. The number of piperidine rings is 1. The van der Waals surface area contributed by atoms with Crippen molar-refractivity contribution in [2.24, 2.45) is 11.8 Å². The van der Waals surface area contributed by atoms with Gasteiger partial charge in [0.25, 0.3) is 0 Å². The van der Waals surface area contributed by atoms with Gasteiger partial charge >= 0.3 is 0 Å². The number of fused-ring (bicyclic) bond motifs is 2. The summed E-state index contributed by atoms with van der Waals surface area (Å²) in [5.74, 6) is 0.450. The molecule has 1 aliphatic rings. The predicted octanol–water partition coefficient (Wildman–Crippen LogP) is 3.55. The van der Waals surface area contributed by atoms with E-state index in [9.17, 15) is 14.4 Å². The Hall–Kier alpha value is -3.15. The Morgan fingerprint density at radius 2 is 1.47 bits per heavy atom. The van der Waals surface area contributed by atoms with Gasteiger partial charge in [0.2, 0.25) is 11.8 Å². The van der Waals surface area contributed by atoms with Gasteiger partial charge in [0.15, 0.2) is 5.43 Å². The molecule has 168 valence electrons. The van der Waals surface area contributed by atoms with Crippen LogP contribution in [0.2, 0.25) is 0 Å². The Morgan fingerprint density at radius 3 is 2.00 bits per heavy atom. The summed E-state index contributed by atoms with van der Waals surface area (Å²) >= 11 is 0. The molecule has 3 aromatic rings. The van der Waals surface area contributed by atoms with Crippen molar-refractivity contribution in [1.29, 1.82) is 0 Å². The maximum atomic E-state index is 13.2. The van der Waals surface area contributed by atoms with E-state index in [0.717, 1.165) is 11.0 Å². The smallest absolute Gasteiger partial charge is 0.242 e. The molecule has 1 saturated heterocycles. The Labute approximate surface area is 188 Å². The van der Waals surface area contributed by atoms with Crippen LogP contribution in [0.25, 0.3) is 21.8 Å². The molecule has 1 aliphatic heterocycles. The Balaban J connectivity index is 1.51. The van der Waals surface area contributed by atoms with Crippen molar-refractivity contribution < 1.29 is 9.59 Å². The molecule has 6 heteroatoms. The lowest BCUT2D eigenvalue weighted by atomic mass is 9.94. The number of carbonyl (C=O) groups excluding carboxylic acids is 2. The number of likely N-dealkylation sites (tertiary alicyclic amines) is 1. The molecule has 0 radical (unpaired) electrons. The first-order chi connectivity index (χ1) is 15.4. The first-order valence-electron chi connectivity index (χ1n) is 11.4. The zero-order chi connectivity index (χ0) is 22.8. The number of aromatic nitrogens is 1. The summed E-state index contributed by atoms with van der Waals surface area (Å²) in [6.45, 7) is 7.53. The van der Waals surface area contributed by atoms with Crippen LogP contribution in [0.4, 0.5) is 0 Å². The highest BCUT2D eigenvalue weighted by atomic mass is 16.2. The molecule has 2 amide bonds. The van der Waals surface area contributed by atoms with Gasteiger partial charge in [-0.15, -0.1) is 0 Å². The number of hydrogen-bond donors (Lipinski definition) is 1. The van der Waals surface area contributed by atoms with Crippen LogP contribution < -0.4 is 10.7 Å². The molecule has 0 aliphatic carbocycles. The van der Waals surface area contributed by atoms with Gasteiger partial charge in [0.05, 0.1) is 11.0 Å². The number of nitrogens with zero attached hydrogens (tertiary/aromatic N) is 2. The van der Waals surface area contributed by atoms with E-state index in [-0.39, 0.29) is 35.7 Å². The van der Waals surface area contributed by atoms with Crippen LogP contribution in [0.3, 0.4) is 0 Å². The van der Waals surface area contributed by atoms with Crippen molar-refractivity contribution in [2.75, 3.05) is 13.1 Å². The number of rotatable bonds is 5. The Bertz CT molecular complexity index is 1150. The van der Waals surface area contributed by atoms with E-state index >= 15 is 0 Å². The lowest BCUT2D eigenvalue weighted by Crippen LogP contribution is -2.46. The normalized spacial score (nSPS) is 15.9. The van der Waals surface area contributed by atoms with Gasteiger partial charge in [0, 0.05) is 35.8 Å². The molecule has 6 nitrogen and oxygen atoms in total. The van der Waals surface area contributed by atoms with Crippen molar-refractivity contribution >= 4 is 33.6 Å². The van der Waals surface area contributed by atoms with E-state index in [1.807, 2.05) is 64.9 Å². The highest BCUT2D eigenvalue weighted by Gasteiger charge is 2.28. The number of nitrogens with one attached hydrogen (secondary N) is 1. The fraction of sp³-hybridized carbons (Fsp3) is 0.423. The predicted molar refractivity (Wildman–Crippen MR) is 127 cm³/mol. The van der Waals surface area contributed by atoms with E-state index in [4.69, 9.17) is 0 Å². The maximum absolute atomic E-state index is 13.2. The second-order valence-corrected chi connectivity index (χ2v) is 9.15.